The summed E-state index contributed by atoms with van der Waals surface area (Å²) in [5.41, 5.74) is 5.94. The van der Waals surface area contributed by atoms with Crippen LogP contribution in [0.25, 0.3) is 0 Å². The van der Waals surface area contributed by atoms with Gasteiger partial charge in [-0.15, -0.1) is 0 Å². The molecule has 3 atom stereocenters. The van der Waals surface area contributed by atoms with Crippen LogP contribution in [0.2, 0.25) is 0 Å². The van der Waals surface area contributed by atoms with Gasteiger partial charge < -0.3 is 15.8 Å². The minimum absolute atomic E-state index is 0.00976. The van der Waals surface area contributed by atoms with Crippen LogP contribution < -0.4 is 11.1 Å². The number of aromatic nitrogens is 3. The third-order valence-electron chi connectivity index (χ3n) is 4.09. The largest absolute Gasteiger partial charge is 0.376 e. The van der Waals surface area contributed by atoms with Crippen molar-refractivity contribution in [1.29, 1.82) is 5.26 Å². The van der Waals surface area contributed by atoms with Crippen molar-refractivity contribution in [2.45, 2.75) is 25.5 Å². The number of ether oxygens (including phenoxy) is 1. The number of nitriles is 1. The Balaban J connectivity index is 1.92. The topological polar surface area (TPSA) is 119 Å². The average Bonchev–Trinajstić information content (AvgIpc) is 2.98. The molecule has 130 valence electrons. The molecule has 8 nitrogen and oxygen atoms in total. The van der Waals surface area contributed by atoms with E-state index in [1.165, 1.54) is 29.2 Å². The number of pyridine rings is 1. The predicted molar refractivity (Wildman–Crippen MR) is 86.4 cm³/mol. The molecule has 0 unspecified atom stereocenters. The fourth-order valence-corrected chi connectivity index (χ4v) is 2.81. The number of nitrogens with two attached hydrogens (primary N) is 1. The van der Waals surface area contributed by atoms with E-state index in [1.54, 1.807) is 0 Å². The van der Waals surface area contributed by atoms with Crippen molar-refractivity contribution in [3.63, 3.8) is 0 Å². The molecule has 0 aliphatic carbocycles. The zero-order valence-corrected chi connectivity index (χ0v) is 13.5. The van der Waals surface area contributed by atoms with Gasteiger partial charge in [-0.25, -0.2) is 4.98 Å². The minimum atomic E-state index is -0.679. The van der Waals surface area contributed by atoms with Crippen LogP contribution >= 0.6 is 0 Å². The molecule has 0 bridgehead atoms. The molecule has 2 aromatic heterocycles. The monoisotopic (exact) mass is 344 g/mol. The van der Waals surface area contributed by atoms with Crippen molar-refractivity contribution >= 4 is 17.4 Å². The Morgan fingerprint density at radius 3 is 3.08 bits per heavy atom. The molecule has 0 spiro atoms. The normalized spacial score (nSPS) is 23.0. The highest BCUT2D eigenvalue weighted by Gasteiger charge is 2.32. The Labute approximate surface area is 143 Å². The van der Waals surface area contributed by atoms with Crippen molar-refractivity contribution in [3.05, 3.63) is 36.0 Å². The summed E-state index contributed by atoms with van der Waals surface area (Å²) in [6, 6.07) is 4.65. The summed E-state index contributed by atoms with van der Waals surface area (Å²) in [5.74, 6) is -1.45. The molecule has 0 radical (unpaired) electrons. The molecule has 1 aliphatic heterocycles. The summed E-state index contributed by atoms with van der Waals surface area (Å²) in [5, 5.41) is 16.6. The van der Waals surface area contributed by atoms with Crippen molar-refractivity contribution in [2.75, 3.05) is 11.9 Å². The van der Waals surface area contributed by atoms with Gasteiger partial charge in [0, 0.05) is 24.1 Å². The number of hydrogen-bond donors (Lipinski definition) is 2. The molecular weight excluding hydrogens is 327 g/mol. The highest BCUT2D eigenvalue weighted by molar-refractivity contribution is 5.98. The van der Waals surface area contributed by atoms with Crippen LogP contribution in [0.5, 0.6) is 0 Å². The third kappa shape index (κ3) is 3.59. The van der Waals surface area contributed by atoms with Gasteiger partial charge in [-0.1, -0.05) is 0 Å². The molecule has 1 aliphatic rings. The highest BCUT2D eigenvalue weighted by Crippen LogP contribution is 2.30. The quantitative estimate of drug-likeness (QED) is 0.816. The summed E-state index contributed by atoms with van der Waals surface area (Å²) in [4.78, 5) is 15.2. The first-order valence-electron chi connectivity index (χ1n) is 7.76. The number of primary amides is 1. The van der Waals surface area contributed by atoms with E-state index in [2.05, 4.69) is 21.5 Å². The van der Waals surface area contributed by atoms with Crippen LogP contribution in [0, 0.1) is 23.2 Å². The summed E-state index contributed by atoms with van der Waals surface area (Å²) in [7, 11) is 0. The first-order valence-corrected chi connectivity index (χ1v) is 7.76. The maximum absolute atomic E-state index is 13.2. The molecular formula is C16H17FN6O2. The Hall–Kier alpha value is -2.99. The molecule has 2 aromatic rings. The van der Waals surface area contributed by atoms with Crippen molar-refractivity contribution in [3.8, 4) is 6.07 Å². The van der Waals surface area contributed by atoms with Crippen LogP contribution in [0.15, 0.2) is 24.5 Å². The second kappa shape index (κ2) is 6.86. The minimum Gasteiger partial charge on any atom is -0.376 e. The maximum atomic E-state index is 13.2. The molecule has 0 saturated carbocycles. The molecule has 0 aromatic carbocycles. The van der Waals surface area contributed by atoms with Crippen molar-refractivity contribution < 1.29 is 13.9 Å². The van der Waals surface area contributed by atoms with Crippen LogP contribution in [-0.4, -0.2) is 33.4 Å². The lowest BCUT2D eigenvalue weighted by atomic mass is 9.93. The van der Waals surface area contributed by atoms with Gasteiger partial charge in [0.25, 0.3) is 5.91 Å². The van der Waals surface area contributed by atoms with Gasteiger partial charge in [-0.05, 0) is 19.4 Å². The summed E-state index contributed by atoms with van der Waals surface area (Å²) < 4.78 is 20.4. The standard InChI is InChI=1S/C16H17FN6O2/c1-9-4-10(6-18)13(8-25-9)23-7-12(15(19)24)16(22-23)21-11-2-3-20-14(17)5-11/h2-3,5,7,9-10,13H,4,8H2,1H3,(H2,19,24)(H,20,21,22)/t9-,10-,13-/m0/s1. The maximum Gasteiger partial charge on any atom is 0.254 e. The van der Waals surface area contributed by atoms with E-state index >= 15 is 0 Å². The van der Waals surface area contributed by atoms with Gasteiger partial charge in [-0.3, -0.25) is 9.48 Å². The van der Waals surface area contributed by atoms with Crippen molar-refractivity contribution in [1.82, 2.24) is 14.8 Å². The fraction of sp³-hybridized carbons (Fsp3) is 0.375. The number of anilines is 2. The van der Waals surface area contributed by atoms with Gasteiger partial charge in [0.15, 0.2) is 5.82 Å². The van der Waals surface area contributed by atoms with Gasteiger partial charge in [0.1, 0.15) is 5.56 Å². The van der Waals surface area contributed by atoms with Gasteiger partial charge in [0.05, 0.1) is 30.7 Å². The Morgan fingerprint density at radius 1 is 1.60 bits per heavy atom. The zero-order chi connectivity index (χ0) is 18.0. The third-order valence-corrected chi connectivity index (χ3v) is 4.09. The van der Waals surface area contributed by atoms with E-state index < -0.39 is 11.9 Å². The molecule has 1 saturated heterocycles. The number of nitrogens with zero attached hydrogens (tertiary/aromatic N) is 4. The van der Waals surface area contributed by atoms with Crippen LogP contribution in [0.1, 0.15) is 29.7 Å². The number of rotatable bonds is 4. The smallest absolute Gasteiger partial charge is 0.254 e. The summed E-state index contributed by atoms with van der Waals surface area (Å²) in [6.07, 6.45) is 3.34. The Bertz CT molecular complexity index is 830. The van der Waals surface area contributed by atoms with E-state index in [0.29, 0.717) is 18.7 Å². The first-order chi connectivity index (χ1) is 12.0. The predicted octanol–water partition coefficient (Wildman–Crippen LogP) is 1.75. The summed E-state index contributed by atoms with van der Waals surface area (Å²) >= 11 is 0. The SMILES string of the molecule is C[C@H]1C[C@@H](C#N)[C@@H](n2cc(C(N)=O)c(Nc3ccnc(F)c3)n2)CO1. The highest BCUT2D eigenvalue weighted by atomic mass is 19.1. The molecule has 1 amide bonds. The van der Waals surface area contributed by atoms with Crippen LogP contribution in [-0.2, 0) is 4.74 Å². The zero-order valence-electron chi connectivity index (χ0n) is 13.5. The van der Waals surface area contributed by atoms with Gasteiger partial charge in [-0.2, -0.15) is 14.8 Å². The number of nitrogens with one attached hydrogen (secondary N) is 1. The lowest BCUT2D eigenvalue weighted by Crippen LogP contribution is -2.33. The number of hydrogen-bond acceptors (Lipinski definition) is 6. The van der Waals surface area contributed by atoms with Gasteiger partial charge >= 0.3 is 0 Å². The lowest BCUT2D eigenvalue weighted by molar-refractivity contribution is -0.0215. The van der Waals surface area contributed by atoms with E-state index in [-0.39, 0.29) is 29.4 Å². The Morgan fingerprint density at radius 2 is 2.40 bits per heavy atom. The van der Waals surface area contributed by atoms with E-state index in [9.17, 15) is 14.4 Å². The number of carbonyl (C=O) groups excluding carboxylic acids is 1. The number of amides is 1. The lowest BCUT2D eigenvalue weighted by Gasteiger charge is -2.31. The van der Waals surface area contributed by atoms with E-state index in [4.69, 9.17) is 10.5 Å². The molecule has 3 heterocycles. The molecule has 3 N–H and O–H groups in total. The second-order valence-corrected chi connectivity index (χ2v) is 5.91. The van der Waals surface area contributed by atoms with Gasteiger partial charge in [0.2, 0.25) is 5.95 Å². The average molecular weight is 344 g/mol. The Kier molecular flexibility index (Phi) is 4.63. The number of halogens is 1. The molecule has 1 fully saturated rings. The first kappa shape index (κ1) is 16.9. The van der Waals surface area contributed by atoms with Crippen LogP contribution in [0.4, 0.5) is 15.9 Å². The van der Waals surface area contributed by atoms with Crippen LogP contribution in [0.3, 0.4) is 0 Å². The fourth-order valence-electron chi connectivity index (χ4n) is 2.81. The molecule has 3 rings (SSSR count). The van der Waals surface area contributed by atoms with E-state index in [1.807, 2.05) is 6.92 Å². The van der Waals surface area contributed by atoms with E-state index in [0.717, 1.165) is 0 Å². The second-order valence-electron chi connectivity index (χ2n) is 5.91. The molecule has 25 heavy (non-hydrogen) atoms. The summed E-state index contributed by atoms with van der Waals surface area (Å²) in [6.45, 7) is 2.21. The number of carbonyl (C=O) groups is 1. The molecule has 9 heteroatoms. The van der Waals surface area contributed by atoms with Crippen molar-refractivity contribution in [2.24, 2.45) is 11.7 Å².